The number of aromatic nitrogens is 1. The van der Waals surface area contributed by atoms with E-state index in [2.05, 4.69) is 20.5 Å². The van der Waals surface area contributed by atoms with Crippen LogP contribution in [0, 0.1) is 0 Å². The van der Waals surface area contributed by atoms with Crippen molar-refractivity contribution in [1.29, 1.82) is 0 Å². The number of carbonyl (C=O) groups is 1. The normalized spacial score (nSPS) is 16.9. The number of nitrogens with zero attached hydrogens (tertiary/aromatic N) is 2. The summed E-state index contributed by atoms with van der Waals surface area (Å²) in [6, 6.07) is 7.48. The molecule has 2 amide bonds. The lowest BCUT2D eigenvalue weighted by atomic mass is 10.2. The Balaban J connectivity index is 1.48. The lowest BCUT2D eigenvalue weighted by Crippen LogP contribution is -2.41. The number of amides is 2. The number of urea groups is 1. The molecular weight excluding hydrogens is 324 g/mol. The summed E-state index contributed by atoms with van der Waals surface area (Å²) in [4.78, 5) is 18.7. The minimum Gasteiger partial charge on any atom is -0.494 e. The van der Waals surface area contributed by atoms with Crippen LogP contribution in [0.15, 0.2) is 35.8 Å². The number of rotatable bonds is 6. The first-order valence-corrected chi connectivity index (χ1v) is 9.08. The molecule has 1 aromatic heterocycles. The van der Waals surface area contributed by atoms with Gasteiger partial charge in [-0.25, -0.2) is 9.78 Å². The molecule has 0 aliphatic carbocycles. The smallest absolute Gasteiger partial charge is 0.319 e. The molecule has 2 N–H and O–H groups in total. The van der Waals surface area contributed by atoms with Gasteiger partial charge in [0.25, 0.3) is 0 Å². The van der Waals surface area contributed by atoms with E-state index in [9.17, 15) is 4.79 Å². The van der Waals surface area contributed by atoms with Crippen molar-refractivity contribution < 1.29 is 9.53 Å². The fourth-order valence-corrected chi connectivity index (χ4v) is 3.59. The maximum Gasteiger partial charge on any atom is 0.319 e. The molecule has 3 rings (SSSR count). The molecule has 2 aromatic rings. The molecular formula is C17H22N4O2S. The van der Waals surface area contributed by atoms with Gasteiger partial charge in [0.15, 0.2) is 5.13 Å². The average molecular weight is 346 g/mol. The summed E-state index contributed by atoms with van der Waals surface area (Å²) >= 11 is 1.64. The minimum atomic E-state index is -0.190. The van der Waals surface area contributed by atoms with Crippen LogP contribution in [0.3, 0.4) is 0 Å². The van der Waals surface area contributed by atoms with E-state index in [1.165, 1.54) is 0 Å². The van der Waals surface area contributed by atoms with Crippen LogP contribution in [0.5, 0.6) is 5.75 Å². The summed E-state index contributed by atoms with van der Waals surface area (Å²) < 4.78 is 5.39. The first kappa shape index (κ1) is 16.6. The van der Waals surface area contributed by atoms with Gasteiger partial charge in [-0.2, -0.15) is 0 Å². The van der Waals surface area contributed by atoms with E-state index in [1.54, 1.807) is 11.3 Å². The average Bonchev–Trinajstić information content (AvgIpc) is 3.26. The van der Waals surface area contributed by atoms with Gasteiger partial charge in [-0.15, -0.1) is 11.3 Å². The Morgan fingerprint density at radius 3 is 2.96 bits per heavy atom. The lowest BCUT2D eigenvalue weighted by molar-refractivity contribution is 0.251. The van der Waals surface area contributed by atoms with Gasteiger partial charge in [0, 0.05) is 36.4 Å². The predicted octanol–water partition coefficient (Wildman–Crippen LogP) is 3.33. The predicted molar refractivity (Wildman–Crippen MR) is 97.1 cm³/mol. The molecule has 2 heterocycles. The fourth-order valence-electron chi connectivity index (χ4n) is 2.84. The third-order valence-corrected chi connectivity index (χ3v) is 4.77. The number of benzene rings is 1. The summed E-state index contributed by atoms with van der Waals surface area (Å²) in [5, 5.41) is 8.82. The maximum atomic E-state index is 12.1. The van der Waals surface area contributed by atoms with Gasteiger partial charge in [-0.05, 0) is 44.0 Å². The molecule has 1 aliphatic heterocycles. The monoisotopic (exact) mass is 346 g/mol. The Hall–Kier alpha value is -2.28. The Bertz CT molecular complexity index is 645. The number of hydrogen-bond acceptors (Lipinski definition) is 5. The van der Waals surface area contributed by atoms with Gasteiger partial charge >= 0.3 is 6.03 Å². The van der Waals surface area contributed by atoms with Gasteiger partial charge in [0.1, 0.15) is 5.75 Å². The van der Waals surface area contributed by atoms with Crippen LogP contribution in [0.25, 0.3) is 0 Å². The van der Waals surface area contributed by atoms with Gasteiger partial charge in [-0.3, -0.25) is 0 Å². The zero-order valence-electron chi connectivity index (χ0n) is 13.7. The topological polar surface area (TPSA) is 66.5 Å². The largest absolute Gasteiger partial charge is 0.494 e. The second-order valence-corrected chi connectivity index (χ2v) is 6.47. The summed E-state index contributed by atoms with van der Waals surface area (Å²) in [6.07, 6.45) is 4.02. The second-order valence-electron chi connectivity index (χ2n) is 5.60. The van der Waals surface area contributed by atoms with Crippen LogP contribution in [0.1, 0.15) is 19.8 Å². The highest BCUT2D eigenvalue weighted by molar-refractivity contribution is 7.13. The molecule has 6 nitrogen and oxygen atoms in total. The van der Waals surface area contributed by atoms with Crippen molar-refractivity contribution in [3.8, 4) is 5.75 Å². The summed E-state index contributed by atoms with van der Waals surface area (Å²) in [5.74, 6) is 0.800. The van der Waals surface area contributed by atoms with Crippen LogP contribution in [-0.2, 0) is 0 Å². The summed E-state index contributed by atoms with van der Waals surface area (Å²) in [5.41, 5.74) is 0.749. The highest BCUT2D eigenvalue weighted by Crippen LogP contribution is 2.26. The van der Waals surface area contributed by atoms with Gasteiger partial charge in [-0.1, -0.05) is 0 Å². The van der Waals surface area contributed by atoms with E-state index in [0.29, 0.717) is 19.2 Å². The number of anilines is 2. The van der Waals surface area contributed by atoms with Crippen molar-refractivity contribution in [2.45, 2.75) is 25.8 Å². The maximum absolute atomic E-state index is 12.1. The van der Waals surface area contributed by atoms with E-state index in [4.69, 9.17) is 4.74 Å². The number of carbonyl (C=O) groups excluding carboxylic acids is 1. The van der Waals surface area contributed by atoms with E-state index < -0.39 is 0 Å². The van der Waals surface area contributed by atoms with Gasteiger partial charge in [0.2, 0.25) is 0 Å². The van der Waals surface area contributed by atoms with Crippen LogP contribution < -0.4 is 20.3 Å². The van der Waals surface area contributed by atoms with Crippen molar-refractivity contribution in [3.63, 3.8) is 0 Å². The second kappa shape index (κ2) is 8.01. The minimum absolute atomic E-state index is 0.190. The molecule has 1 atom stereocenters. The van der Waals surface area contributed by atoms with Crippen molar-refractivity contribution in [2.75, 3.05) is 29.9 Å². The third kappa shape index (κ3) is 4.17. The highest BCUT2D eigenvalue weighted by atomic mass is 32.1. The van der Waals surface area contributed by atoms with Crippen molar-refractivity contribution in [1.82, 2.24) is 10.3 Å². The Morgan fingerprint density at radius 2 is 2.25 bits per heavy atom. The molecule has 0 bridgehead atoms. The summed E-state index contributed by atoms with van der Waals surface area (Å²) in [6.45, 7) is 4.19. The molecule has 128 valence electrons. The Kier molecular flexibility index (Phi) is 5.53. The SMILES string of the molecule is CCOc1ccc(NC(=O)NC[C@@H]2CCCN2c2nccs2)cc1. The first-order valence-electron chi connectivity index (χ1n) is 8.20. The van der Waals surface area contributed by atoms with Gasteiger partial charge in [0.05, 0.1) is 6.61 Å². The van der Waals surface area contributed by atoms with Crippen LogP contribution in [-0.4, -0.2) is 36.8 Å². The van der Waals surface area contributed by atoms with Crippen molar-refractivity contribution >= 4 is 28.2 Å². The van der Waals surface area contributed by atoms with E-state index in [1.807, 2.05) is 42.8 Å². The van der Waals surface area contributed by atoms with E-state index in [0.717, 1.165) is 36.0 Å². The molecule has 1 aromatic carbocycles. The number of ether oxygens (including phenoxy) is 1. The molecule has 0 unspecified atom stereocenters. The molecule has 1 fully saturated rings. The van der Waals surface area contributed by atoms with Crippen LogP contribution in [0.4, 0.5) is 15.6 Å². The first-order chi connectivity index (χ1) is 11.8. The number of nitrogens with one attached hydrogen (secondary N) is 2. The zero-order chi connectivity index (χ0) is 16.8. The molecule has 1 saturated heterocycles. The molecule has 0 radical (unpaired) electrons. The van der Waals surface area contributed by atoms with Gasteiger partial charge < -0.3 is 20.3 Å². The molecule has 7 heteroatoms. The molecule has 0 saturated carbocycles. The van der Waals surface area contributed by atoms with Crippen LogP contribution >= 0.6 is 11.3 Å². The number of thiazole rings is 1. The Labute approximate surface area is 145 Å². The molecule has 0 spiro atoms. The highest BCUT2D eigenvalue weighted by Gasteiger charge is 2.26. The third-order valence-electron chi connectivity index (χ3n) is 3.96. The van der Waals surface area contributed by atoms with E-state index >= 15 is 0 Å². The zero-order valence-corrected chi connectivity index (χ0v) is 14.5. The molecule has 1 aliphatic rings. The van der Waals surface area contributed by atoms with Crippen LogP contribution in [0.2, 0.25) is 0 Å². The standard InChI is InChI=1S/C17H22N4O2S/c1-2-23-15-7-5-13(6-8-15)20-16(22)19-12-14-4-3-10-21(14)17-18-9-11-24-17/h5-9,11,14H,2-4,10,12H2,1H3,(H2,19,20,22)/t14-/m0/s1. The number of hydrogen-bond donors (Lipinski definition) is 2. The fraction of sp³-hybridized carbons (Fsp3) is 0.412. The Morgan fingerprint density at radius 1 is 1.42 bits per heavy atom. The quantitative estimate of drug-likeness (QED) is 0.842. The summed E-state index contributed by atoms with van der Waals surface area (Å²) in [7, 11) is 0. The van der Waals surface area contributed by atoms with Crippen molar-refractivity contribution in [3.05, 3.63) is 35.8 Å². The van der Waals surface area contributed by atoms with E-state index in [-0.39, 0.29) is 6.03 Å². The van der Waals surface area contributed by atoms with Crippen molar-refractivity contribution in [2.24, 2.45) is 0 Å². The lowest BCUT2D eigenvalue weighted by Gasteiger charge is -2.24. The molecule has 24 heavy (non-hydrogen) atoms.